The first-order chi connectivity index (χ1) is 16.2. The molecular weight excluding hydrogens is 474 g/mol. The van der Waals surface area contributed by atoms with Gasteiger partial charge >= 0.3 is 0 Å². The van der Waals surface area contributed by atoms with Crippen molar-refractivity contribution in [2.75, 3.05) is 0 Å². The van der Waals surface area contributed by atoms with Crippen LogP contribution in [0, 0.1) is 25.2 Å². The van der Waals surface area contributed by atoms with Crippen LogP contribution in [0.15, 0.2) is 81.5 Å². The van der Waals surface area contributed by atoms with Crippen LogP contribution >= 0.6 is 11.6 Å². The molecule has 0 N–H and O–H groups in total. The maximum absolute atomic E-state index is 13.4. The van der Waals surface area contributed by atoms with Crippen LogP contribution in [-0.2, 0) is 9.84 Å². The SMILES string of the molecule is Cc1cccc(Oc2nc3c(C)cccn3c(=O)c2/C=C(\C#N)S(=O)(=O)c2ccc(Cl)cc2)c1. The number of hydrogen-bond acceptors (Lipinski definition) is 6. The Labute approximate surface area is 201 Å². The molecule has 2 aromatic heterocycles. The number of fused-ring (bicyclic) bond motifs is 1. The van der Waals surface area contributed by atoms with Crippen molar-refractivity contribution in [2.45, 2.75) is 18.7 Å². The molecule has 34 heavy (non-hydrogen) atoms. The van der Waals surface area contributed by atoms with Crippen molar-refractivity contribution in [1.82, 2.24) is 9.38 Å². The molecule has 0 radical (unpaired) electrons. The van der Waals surface area contributed by atoms with Gasteiger partial charge in [-0.25, -0.2) is 8.42 Å². The second-order valence-corrected chi connectivity index (χ2v) is 9.87. The average Bonchev–Trinajstić information content (AvgIpc) is 2.80. The predicted octanol–water partition coefficient (Wildman–Crippen LogP) is 5.10. The summed E-state index contributed by atoms with van der Waals surface area (Å²) in [6.45, 7) is 3.67. The maximum atomic E-state index is 13.4. The second kappa shape index (κ2) is 9.14. The van der Waals surface area contributed by atoms with E-state index in [0.717, 1.165) is 17.2 Å². The Morgan fingerprint density at radius 2 is 1.85 bits per heavy atom. The van der Waals surface area contributed by atoms with Crippen LogP contribution in [0.1, 0.15) is 16.7 Å². The monoisotopic (exact) mass is 491 g/mol. The zero-order chi connectivity index (χ0) is 24.5. The lowest BCUT2D eigenvalue weighted by atomic mass is 10.2. The van der Waals surface area contributed by atoms with Gasteiger partial charge in [0.25, 0.3) is 5.56 Å². The molecule has 0 saturated carbocycles. The number of nitriles is 1. The lowest BCUT2D eigenvalue weighted by Crippen LogP contribution is -2.20. The van der Waals surface area contributed by atoms with Gasteiger partial charge in [0.05, 0.1) is 4.90 Å². The van der Waals surface area contributed by atoms with Crippen LogP contribution in [-0.4, -0.2) is 17.8 Å². The minimum absolute atomic E-state index is 0.107. The van der Waals surface area contributed by atoms with Gasteiger partial charge in [-0.15, -0.1) is 0 Å². The molecular formula is C25H18ClN3O4S. The molecule has 0 fully saturated rings. The summed E-state index contributed by atoms with van der Waals surface area (Å²) in [5.41, 5.74) is 1.25. The minimum atomic E-state index is -4.23. The molecule has 0 aliphatic carbocycles. The third kappa shape index (κ3) is 4.44. The first-order valence-electron chi connectivity index (χ1n) is 10.1. The van der Waals surface area contributed by atoms with Gasteiger partial charge in [-0.3, -0.25) is 9.20 Å². The van der Waals surface area contributed by atoms with Crippen molar-refractivity contribution < 1.29 is 13.2 Å². The number of hydrogen-bond donors (Lipinski definition) is 0. The van der Waals surface area contributed by atoms with Crippen LogP contribution < -0.4 is 10.3 Å². The van der Waals surface area contributed by atoms with E-state index in [4.69, 9.17) is 16.3 Å². The van der Waals surface area contributed by atoms with Gasteiger partial charge in [0.15, 0.2) is 0 Å². The Morgan fingerprint density at radius 3 is 2.53 bits per heavy atom. The zero-order valence-electron chi connectivity index (χ0n) is 18.2. The Kier molecular flexibility index (Phi) is 6.24. The Hall–Kier alpha value is -3.93. The normalized spacial score (nSPS) is 11.9. The number of sulfone groups is 1. The number of aryl methyl sites for hydroxylation is 2. The van der Waals surface area contributed by atoms with E-state index >= 15 is 0 Å². The third-order valence-electron chi connectivity index (χ3n) is 5.05. The van der Waals surface area contributed by atoms with Crippen molar-refractivity contribution >= 4 is 33.2 Å². The molecule has 9 heteroatoms. The Balaban J connectivity index is 1.96. The van der Waals surface area contributed by atoms with Crippen LogP contribution in [0.5, 0.6) is 11.6 Å². The number of aromatic nitrogens is 2. The van der Waals surface area contributed by atoms with Crippen molar-refractivity contribution in [1.29, 1.82) is 5.26 Å². The molecule has 0 unspecified atom stereocenters. The summed E-state index contributed by atoms with van der Waals surface area (Å²) < 4.78 is 33.4. The van der Waals surface area contributed by atoms with Crippen LogP contribution in [0.25, 0.3) is 11.7 Å². The zero-order valence-corrected chi connectivity index (χ0v) is 19.8. The van der Waals surface area contributed by atoms with Crippen LogP contribution in [0.3, 0.4) is 0 Å². The fraction of sp³-hybridized carbons (Fsp3) is 0.0800. The van der Waals surface area contributed by atoms with E-state index in [1.807, 2.05) is 13.0 Å². The Morgan fingerprint density at radius 1 is 1.12 bits per heavy atom. The van der Waals surface area contributed by atoms with E-state index in [1.165, 1.54) is 34.9 Å². The van der Waals surface area contributed by atoms with E-state index in [2.05, 4.69) is 4.98 Å². The summed E-state index contributed by atoms with van der Waals surface area (Å²) in [6.07, 6.45) is 2.52. The molecule has 2 heterocycles. The lowest BCUT2D eigenvalue weighted by molar-refractivity contribution is 0.460. The molecule has 170 valence electrons. The van der Waals surface area contributed by atoms with Gasteiger partial charge < -0.3 is 4.74 Å². The molecule has 0 bridgehead atoms. The molecule has 0 atom stereocenters. The number of nitrogens with zero attached hydrogens (tertiary/aromatic N) is 3. The first-order valence-corrected chi connectivity index (χ1v) is 12.0. The van der Waals surface area contributed by atoms with Crippen LogP contribution in [0.2, 0.25) is 5.02 Å². The molecule has 0 amide bonds. The van der Waals surface area contributed by atoms with E-state index in [9.17, 15) is 18.5 Å². The van der Waals surface area contributed by atoms with Gasteiger partial charge in [0.1, 0.15) is 27.9 Å². The van der Waals surface area contributed by atoms with E-state index < -0.39 is 20.3 Å². The summed E-state index contributed by atoms with van der Waals surface area (Å²) >= 11 is 5.86. The van der Waals surface area contributed by atoms with Crippen LogP contribution in [0.4, 0.5) is 0 Å². The molecule has 4 aromatic rings. The molecule has 0 aliphatic rings. The molecule has 0 aliphatic heterocycles. The quantitative estimate of drug-likeness (QED) is 0.360. The summed E-state index contributed by atoms with van der Waals surface area (Å²) in [5.74, 6) is 0.308. The second-order valence-electron chi connectivity index (χ2n) is 7.52. The number of rotatable bonds is 5. The van der Waals surface area contributed by atoms with Crippen molar-refractivity contribution in [2.24, 2.45) is 0 Å². The highest BCUT2D eigenvalue weighted by Crippen LogP contribution is 2.28. The van der Waals surface area contributed by atoms with E-state index in [-0.39, 0.29) is 16.3 Å². The first kappa shape index (κ1) is 23.2. The lowest BCUT2D eigenvalue weighted by Gasteiger charge is -2.12. The maximum Gasteiger partial charge on any atom is 0.269 e. The Bertz CT molecular complexity index is 1650. The topological polar surface area (TPSA) is 102 Å². The standard InChI is InChI=1S/C25H18ClN3O4S/c1-16-5-3-7-19(13-16)33-24-22(25(30)29-12-4-6-17(2)23(29)28-24)14-21(15-27)34(31,32)20-10-8-18(26)9-11-20/h3-14H,1-2H3/b21-14+. The van der Waals surface area contributed by atoms with Gasteiger partial charge in [0.2, 0.25) is 15.7 Å². The van der Waals surface area contributed by atoms with E-state index in [0.29, 0.717) is 16.4 Å². The highest BCUT2D eigenvalue weighted by atomic mass is 35.5. The van der Waals surface area contributed by atoms with Crippen molar-refractivity contribution in [3.05, 3.63) is 104 Å². The van der Waals surface area contributed by atoms with Gasteiger partial charge in [0, 0.05) is 11.2 Å². The molecule has 0 spiro atoms. The van der Waals surface area contributed by atoms with E-state index in [1.54, 1.807) is 43.3 Å². The summed E-state index contributed by atoms with van der Waals surface area (Å²) in [4.78, 5) is 17.1. The summed E-state index contributed by atoms with van der Waals surface area (Å²) in [6, 6.07) is 17.7. The highest BCUT2D eigenvalue weighted by Gasteiger charge is 2.24. The van der Waals surface area contributed by atoms with Gasteiger partial charge in [-0.1, -0.05) is 29.8 Å². The third-order valence-corrected chi connectivity index (χ3v) is 6.99. The molecule has 2 aromatic carbocycles. The largest absolute Gasteiger partial charge is 0.438 e. The number of benzene rings is 2. The smallest absolute Gasteiger partial charge is 0.269 e. The summed E-state index contributed by atoms with van der Waals surface area (Å²) in [7, 11) is -4.23. The number of allylic oxidation sites excluding steroid dienone is 1. The summed E-state index contributed by atoms with van der Waals surface area (Å²) in [5, 5.41) is 10.1. The van der Waals surface area contributed by atoms with Gasteiger partial charge in [-0.05, 0) is 73.5 Å². The average molecular weight is 492 g/mol. The highest BCUT2D eigenvalue weighted by molar-refractivity contribution is 7.95. The minimum Gasteiger partial charge on any atom is -0.438 e. The fourth-order valence-corrected chi connectivity index (χ4v) is 4.59. The predicted molar refractivity (Wildman–Crippen MR) is 130 cm³/mol. The van der Waals surface area contributed by atoms with Crippen molar-refractivity contribution in [3.8, 4) is 17.7 Å². The number of ether oxygens (including phenoxy) is 1. The number of pyridine rings is 1. The number of halogens is 1. The van der Waals surface area contributed by atoms with Crippen molar-refractivity contribution in [3.63, 3.8) is 0 Å². The molecule has 0 saturated heterocycles. The van der Waals surface area contributed by atoms with Gasteiger partial charge in [-0.2, -0.15) is 10.2 Å². The fourth-order valence-electron chi connectivity index (χ4n) is 3.33. The molecule has 4 rings (SSSR count). The molecule has 7 nitrogen and oxygen atoms in total.